The summed E-state index contributed by atoms with van der Waals surface area (Å²) in [4.78, 5) is 15.6. The molecule has 4 aromatic rings. The summed E-state index contributed by atoms with van der Waals surface area (Å²) in [7, 11) is 0. The van der Waals surface area contributed by atoms with E-state index in [4.69, 9.17) is 4.42 Å². The summed E-state index contributed by atoms with van der Waals surface area (Å²) in [6, 6.07) is 23.9. The first-order chi connectivity index (χ1) is 16.3. The van der Waals surface area contributed by atoms with Crippen LogP contribution < -0.4 is 0 Å². The van der Waals surface area contributed by atoms with Gasteiger partial charge in [-0.15, -0.1) is 10.2 Å². The van der Waals surface area contributed by atoms with Gasteiger partial charge >= 0.3 is 0 Å². The topological polar surface area (TPSA) is 64.2 Å². The normalized spacial score (nSPS) is 14.8. The van der Waals surface area contributed by atoms with E-state index in [2.05, 4.69) is 22.3 Å². The molecule has 7 heteroatoms. The van der Waals surface area contributed by atoms with E-state index in [9.17, 15) is 4.79 Å². The van der Waals surface area contributed by atoms with Gasteiger partial charge in [-0.3, -0.25) is 9.36 Å². The van der Waals surface area contributed by atoms with Crippen LogP contribution in [0.15, 0.2) is 88.6 Å². The summed E-state index contributed by atoms with van der Waals surface area (Å²) in [5.74, 6) is 1.45. The highest BCUT2D eigenvalue weighted by Gasteiger charge is 2.30. The Morgan fingerprint density at radius 1 is 0.909 bits per heavy atom. The van der Waals surface area contributed by atoms with Gasteiger partial charge in [-0.2, -0.15) is 0 Å². The largest absolute Gasteiger partial charge is 0.461 e. The van der Waals surface area contributed by atoms with Gasteiger partial charge in [-0.05, 0) is 42.5 Å². The van der Waals surface area contributed by atoms with Crippen LogP contribution in [0.4, 0.5) is 0 Å². The summed E-state index contributed by atoms with van der Waals surface area (Å²) in [6.45, 7) is 2.22. The predicted molar refractivity (Wildman–Crippen MR) is 129 cm³/mol. The van der Waals surface area contributed by atoms with Crippen LogP contribution in [-0.2, 0) is 11.3 Å². The van der Waals surface area contributed by atoms with E-state index in [0.29, 0.717) is 23.3 Å². The van der Waals surface area contributed by atoms with Gasteiger partial charge < -0.3 is 9.32 Å². The molecule has 1 atom stereocenters. The minimum atomic E-state index is -0.382. The van der Waals surface area contributed by atoms with E-state index in [1.165, 1.54) is 18.2 Å². The van der Waals surface area contributed by atoms with Crippen molar-refractivity contribution in [3.63, 3.8) is 0 Å². The summed E-state index contributed by atoms with van der Waals surface area (Å²) in [5, 5.41) is 9.27. The number of rotatable bonds is 7. The number of amides is 1. The fraction of sp³-hybridized carbons (Fsp3) is 0.269. The van der Waals surface area contributed by atoms with Crippen molar-refractivity contribution in [1.82, 2.24) is 19.7 Å². The summed E-state index contributed by atoms with van der Waals surface area (Å²) >= 11 is 1.46. The third kappa shape index (κ3) is 4.88. The molecule has 0 bridgehead atoms. The molecule has 1 aliphatic rings. The Balaban J connectivity index is 1.51. The Morgan fingerprint density at radius 3 is 2.33 bits per heavy atom. The molecule has 0 saturated carbocycles. The number of furan rings is 1. The molecule has 6 nitrogen and oxygen atoms in total. The molecule has 1 saturated heterocycles. The average Bonchev–Trinajstić information content (AvgIpc) is 3.54. The number of thioether (sulfide) groups is 1. The van der Waals surface area contributed by atoms with E-state index >= 15 is 0 Å². The molecule has 5 rings (SSSR count). The zero-order chi connectivity index (χ0) is 22.5. The molecule has 2 aromatic carbocycles. The number of piperidine rings is 1. The third-order valence-corrected chi connectivity index (χ3v) is 7.08. The van der Waals surface area contributed by atoms with Crippen LogP contribution in [0.2, 0.25) is 0 Å². The first-order valence-corrected chi connectivity index (χ1v) is 12.2. The standard InChI is InChI=1S/C26H26N4O2S/c31-25(29-16-8-3-9-17-29)23(21-13-6-2-7-14-21)33-26-28-27-24(22-15-10-18-32-22)30(26)19-20-11-4-1-5-12-20/h1-2,4-7,10-15,18,23H,3,8-9,16-17,19H2/t23-/m1/s1. The number of carbonyl (C=O) groups excluding carboxylic acids is 1. The van der Waals surface area contributed by atoms with Crippen molar-refractivity contribution in [3.8, 4) is 11.6 Å². The number of hydrogen-bond acceptors (Lipinski definition) is 5. The number of aromatic nitrogens is 3. The minimum Gasteiger partial charge on any atom is -0.461 e. The molecule has 1 aliphatic heterocycles. The zero-order valence-electron chi connectivity index (χ0n) is 18.3. The molecular formula is C26H26N4O2S. The molecule has 1 fully saturated rings. The molecule has 3 heterocycles. The zero-order valence-corrected chi connectivity index (χ0v) is 19.2. The Hall–Kier alpha value is -3.32. The highest BCUT2D eigenvalue weighted by molar-refractivity contribution is 8.00. The maximum atomic E-state index is 13.6. The van der Waals surface area contributed by atoms with Crippen molar-refractivity contribution in [1.29, 1.82) is 0 Å². The van der Waals surface area contributed by atoms with Crippen molar-refractivity contribution in [2.75, 3.05) is 13.1 Å². The molecule has 0 spiro atoms. The number of nitrogens with zero attached hydrogens (tertiary/aromatic N) is 4. The van der Waals surface area contributed by atoms with Gasteiger partial charge in [-0.25, -0.2) is 0 Å². The Kier molecular flexibility index (Phi) is 6.58. The fourth-order valence-corrected chi connectivity index (χ4v) is 5.27. The number of benzene rings is 2. The molecular weight excluding hydrogens is 432 g/mol. The lowest BCUT2D eigenvalue weighted by molar-refractivity contribution is -0.131. The monoisotopic (exact) mass is 458 g/mol. The molecule has 2 aromatic heterocycles. The lowest BCUT2D eigenvalue weighted by Gasteiger charge is -2.30. The quantitative estimate of drug-likeness (QED) is 0.346. The van der Waals surface area contributed by atoms with Crippen LogP contribution in [0.25, 0.3) is 11.6 Å². The number of hydrogen-bond donors (Lipinski definition) is 0. The van der Waals surface area contributed by atoms with Gasteiger partial charge in [0, 0.05) is 13.1 Å². The fourth-order valence-electron chi connectivity index (χ4n) is 4.15. The van der Waals surface area contributed by atoms with Crippen LogP contribution in [0.1, 0.15) is 35.6 Å². The molecule has 168 valence electrons. The summed E-state index contributed by atoms with van der Waals surface area (Å²) in [5.41, 5.74) is 2.11. The van der Waals surface area contributed by atoms with Gasteiger partial charge in [0.2, 0.25) is 11.7 Å². The van der Waals surface area contributed by atoms with Crippen LogP contribution in [0, 0.1) is 0 Å². The second-order valence-corrected chi connectivity index (χ2v) is 9.22. The van der Waals surface area contributed by atoms with Crippen molar-refractivity contribution in [3.05, 3.63) is 90.2 Å². The van der Waals surface area contributed by atoms with Crippen LogP contribution in [0.5, 0.6) is 0 Å². The van der Waals surface area contributed by atoms with Crippen molar-refractivity contribution < 1.29 is 9.21 Å². The smallest absolute Gasteiger partial charge is 0.240 e. The molecule has 0 unspecified atom stereocenters. The average molecular weight is 459 g/mol. The van der Waals surface area contributed by atoms with Crippen LogP contribution in [-0.4, -0.2) is 38.7 Å². The predicted octanol–water partition coefficient (Wildman–Crippen LogP) is 5.43. The lowest BCUT2D eigenvalue weighted by atomic mass is 10.1. The van der Waals surface area contributed by atoms with Crippen LogP contribution in [0.3, 0.4) is 0 Å². The Morgan fingerprint density at radius 2 is 1.64 bits per heavy atom. The highest BCUT2D eigenvalue weighted by atomic mass is 32.2. The SMILES string of the molecule is O=C([C@H](Sc1nnc(-c2ccco2)n1Cc1ccccc1)c1ccccc1)N1CCCCC1. The van der Waals surface area contributed by atoms with E-state index in [1.807, 2.05) is 70.1 Å². The molecule has 0 radical (unpaired) electrons. The van der Waals surface area contributed by atoms with Gasteiger partial charge in [0.05, 0.1) is 12.8 Å². The number of likely N-dealkylation sites (tertiary alicyclic amines) is 1. The van der Waals surface area contributed by atoms with E-state index in [0.717, 1.165) is 37.1 Å². The Bertz CT molecular complexity index is 1170. The van der Waals surface area contributed by atoms with Crippen molar-refractivity contribution in [2.45, 2.75) is 36.2 Å². The minimum absolute atomic E-state index is 0.139. The van der Waals surface area contributed by atoms with Gasteiger partial charge in [0.1, 0.15) is 5.25 Å². The van der Waals surface area contributed by atoms with Gasteiger partial charge in [-0.1, -0.05) is 72.4 Å². The maximum absolute atomic E-state index is 13.6. The van der Waals surface area contributed by atoms with Gasteiger partial charge in [0.25, 0.3) is 0 Å². The summed E-state index contributed by atoms with van der Waals surface area (Å²) in [6.07, 6.45) is 4.94. The molecule has 0 N–H and O–H groups in total. The maximum Gasteiger partial charge on any atom is 0.240 e. The first-order valence-electron chi connectivity index (χ1n) is 11.3. The molecule has 0 aliphatic carbocycles. The van der Waals surface area contributed by atoms with Crippen molar-refractivity contribution in [2.24, 2.45) is 0 Å². The highest BCUT2D eigenvalue weighted by Crippen LogP contribution is 2.38. The molecule has 1 amide bonds. The van der Waals surface area contributed by atoms with Gasteiger partial charge in [0.15, 0.2) is 10.9 Å². The Labute approximate surface area is 197 Å². The second kappa shape index (κ2) is 10.1. The van der Waals surface area contributed by atoms with E-state index in [-0.39, 0.29) is 11.2 Å². The third-order valence-electron chi connectivity index (χ3n) is 5.86. The summed E-state index contributed by atoms with van der Waals surface area (Å²) < 4.78 is 7.68. The van der Waals surface area contributed by atoms with E-state index < -0.39 is 0 Å². The molecule has 33 heavy (non-hydrogen) atoms. The first kappa shape index (κ1) is 21.5. The van der Waals surface area contributed by atoms with Crippen molar-refractivity contribution >= 4 is 17.7 Å². The van der Waals surface area contributed by atoms with Crippen LogP contribution >= 0.6 is 11.8 Å². The number of carbonyl (C=O) groups is 1. The lowest BCUT2D eigenvalue weighted by Crippen LogP contribution is -2.38. The second-order valence-electron chi connectivity index (χ2n) is 8.15. The van der Waals surface area contributed by atoms with E-state index in [1.54, 1.807) is 6.26 Å².